The third kappa shape index (κ3) is 5.61. The summed E-state index contributed by atoms with van der Waals surface area (Å²) in [6, 6.07) is 7.87. The smallest absolute Gasteiger partial charge is 0.270 e. The lowest BCUT2D eigenvalue weighted by molar-refractivity contribution is 0.0947. The SMILES string of the molecule is CCCCCNC(=O)c1cc(NCc2ccc(F)cc2)nc(C)n1. The highest BCUT2D eigenvalue weighted by Crippen LogP contribution is 2.10. The van der Waals surface area contributed by atoms with Crippen molar-refractivity contribution in [2.24, 2.45) is 0 Å². The Morgan fingerprint density at radius 3 is 2.62 bits per heavy atom. The van der Waals surface area contributed by atoms with Crippen LogP contribution in [0.5, 0.6) is 0 Å². The van der Waals surface area contributed by atoms with Gasteiger partial charge in [-0.2, -0.15) is 0 Å². The van der Waals surface area contributed by atoms with E-state index in [1.165, 1.54) is 12.1 Å². The molecule has 0 unspecified atom stereocenters. The molecule has 0 aliphatic heterocycles. The molecule has 0 saturated heterocycles. The van der Waals surface area contributed by atoms with Crippen molar-refractivity contribution in [3.05, 3.63) is 53.2 Å². The molecule has 24 heavy (non-hydrogen) atoms. The number of benzene rings is 1. The van der Waals surface area contributed by atoms with Crippen molar-refractivity contribution in [1.82, 2.24) is 15.3 Å². The molecule has 0 radical (unpaired) electrons. The largest absolute Gasteiger partial charge is 0.366 e. The highest BCUT2D eigenvalue weighted by molar-refractivity contribution is 5.92. The Labute approximate surface area is 141 Å². The van der Waals surface area contributed by atoms with Crippen molar-refractivity contribution in [2.75, 3.05) is 11.9 Å². The average molecular weight is 330 g/mol. The van der Waals surface area contributed by atoms with E-state index >= 15 is 0 Å². The van der Waals surface area contributed by atoms with Crippen LogP contribution >= 0.6 is 0 Å². The number of hydrogen-bond donors (Lipinski definition) is 2. The monoisotopic (exact) mass is 330 g/mol. The summed E-state index contributed by atoms with van der Waals surface area (Å²) in [5.74, 6) is 0.642. The zero-order valence-electron chi connectivity index (χ0n) is 14.1. The van der Waals surface area contributed by atoms with Gasteiger partial charge in [0.1, 0.15) is 23.2 Å². The van der Waals surface area contributed by atoms with Crippen LogP contribution in [0.1, 0.15) is 48.1 Å². The number of carbonyl (C=O) groups excluding carboxylic acids is 1. The predicted octanol–water partition coefficient (Wildman–Crippen LogP) is 3.46. The number of halogens is 1. The molecule has 0 aliphatic carbocycles. The van der Waals surface area contributed by atoms with E-state index in [4.69, 9.17) is 0 Å². The van der Waals surface area contributed by atoms with Crippen LogP contribution in [0.2, 0.25) is 0 Å². The van der Waals surface area contributed by atoms with Crippen molar-refractivity contribution >= 4 is 11.7 Å². The van der Waals surface area contributed by atoms with Crippen molar-refractivity contribution < 1.29 is 9.18 Å². The summed E-state index contributed by atoms with van der Waals surface area (Å²) in [6.07, 6.45) is 3.16. The van der Waals surface area contributed by atoms with E-state index in [0.29, 0.717) is 30.4 Å². The molecule has 0 spiro atoms. The Bertz CT molecular complexity index is 673. The van der Waals surface area contributed by atoms with Gasteiger partial charge in [-0.1, -0.05) is 31.9 Å². The molecule has 0 fully saturated rings. The maximum Gasteiger partial charge on any atom is 0.270 e. The second-order valence-electron chi connectivity index (χ2n) is 5.63. The number of aromatic nitrogens is 2. The Kier molecular flexibility index (Phi) is 6.66. The van der Waals surface area contributed by atoms with Gasteiger partial charge in [-0.25, -0.2) is 14.4 Å². The molecule has 6 heteroatoms. The average Bonchev–Trinajstić information content (AvgIpc) is 2.57. The molecule has 128 valence electrons. The summed E-state index contributed by atoms with van der Waals surface area (Å²) in [5.41, 5.74) is 1.28. The summed E-state index contributed by atoms with van der Waals surface area (Å²) in [7, 11) is 0. The highest BCUT2D eigenvalue weighted by Gasteiger charge is 2.10. The van der Waals surface area contributed by atoms with Crippen LogP contribution in [-0.4, -0.2) is 22.4 Å². The molecule has 1 heterocycles. The van der Waals surface area contributed by atoms with Gasteiger partial charge in [-0.15, -0.1) is 0 Å². The van der Waals surface area contributed by atoms with Gasteiger partial charge in [0.25, 0.3) is 5.91 Å². The van der Waals surface area contributed by atoms with Gasteiger partial charge < -0.3 is 10.6 Å². The summed E-state index contributed by atoms with van der Waals surface area (Å²) in [5, 5.41) is 6.01. The van der Waals surface area contributed by atoms with Crippen LogP contribution in [0.25, 0.3) is 0 Å². The number of nitrogens with zero attached hydrogens (tertiary/aromatic N) is 2. The molecule has 0 bridgehead atoms. The second-order valence-corrected chi connectivity index (χ2v) is 5.63. The van der Waals surface area contributed by atoms with Gasteiger partial charge in [0, 0.05) is 19.2 Å². The summed E-state index contributed by atoms with van der Waals surface area (Å²) in [4.78, 5) is 20.6. The van der Waals surface area contributed by atoms with Gasteiger partial charge in [-0.3, -0.25) is 4.79 Å². The van der Waals surface area contributed by atoms with Crippen molar-refractivity contribution in [1.29, 1.82) is 0 Å². The third-order valence-corrected chi connectivity index (χ3v) is 3.52. The number of amides is 1. The van der Waals surface area contributed by atoms with Crippen LogP contribution in [0, 0.1) is 12.7 Å². The fourth-order valence-electron chi connectivity index (χ4n) is 2.24. The minimum atomic E-state index is -0.265. The lowest BCUT2D eigenvalue weighted by Crippen LogP contribution is -2.26. The zero-order valence-corrected chi connectivity index (χ0v) is 14.1. The standard InChI is InChI=1S/C18H23FN4O/c1-3-4-5-10-20-18(24)16-11-17(23-13(2)22-16)21-12-14-6-8-15(19)9-7-14/h6-9,11H,3-5,10,12H2,1-2H3,(H,20,24)(H,21,22,23). The number of rotatable bonds is 8. The molecule has 0 atom stereocenters. The Morgan fingerprint density at radius 2 is 1.92 bits per heavy atom. The summed E-state index contributed by atoms with van der Waals surface area (Å²) >= 11 is 0. The highest BCUT2D eigenvalue weighted by atomic mass is 19.1. The molecule has 1 aromatic carbocycles. The van der Waals surface area contributed by atoms with Crippen molar-refractivity contribution in [2.45, 2.75) is 39.7 Å². The lowest BCUT2D eigenvalue weighted by atomic mass is 10.2. The van der Waals surface area contributed by atoms with E-state index in [0.717, 1.165) is 24.8 Å². The molecular weight excluding hydrogens is 307 g/mol. The van der Waals surface area contributed by atoms with E-state index in [-0.39, 0.29) is 11.7 Å². The number of carbonyl (C=O) groups is 1. The maximum absolute atomic E-state index is 12.9. The van der Waals surface area contributed by atoms with Crippen LogP contribution in [0.15, 0.2) is 30.3 Å². The fraction of sp³-hybridized carbons (Fsp3) is 0.389. The molecule has 1 aromatic heterocycles. The van der Waals surface area contributed by atoms with Crippen LogP contribution in [-0.2, 0) is 6.54 Å². The number of aryl methyl sites for hydroxylation is 1. The molecule has 0 aliphatic rings. The fourth-order valence-corrected chi connectivity index (χ4v) is 2.24. The van der Waals surface area contributed by atoms with Crippen LogP contribution in [0.4, 0.5) is 10.2 Å². The summed E-state index contributed by atoms with van der Waals surface area (Å²) < 4.78 is 12.9. The van der Waals surface area contributed by atoms with Crippen LogP contribution < -0.4 is 10.6 Å². The van der Waals surface area contributed by atoms with E-state index in [1.54, 1.807) is 25.1 Å². The Balaban J connectivity index is 1.97. The first-order valence-corrected chi connectivity index (χ1v) is 8.20. The zero-order chi connectivity index (χ0) is 17.4. The van der Waals surface area contributed by atoms with Gasteiger partial charge in [0.15, 0.2) is 0 Å². The van der Waals surface area contributed by atoms with Crippen molar-refractivity contribution in [3.63, 3.8) is 0 Å². The van der Waals surface area contributed by atoms with Gasteiger partial charge in [0.05, 0.1) is 0 Å². The number of hydrogen-bond acceptors (Lipinski definition) is 4. The van der Waals surface area contributed by atoms with Gasteiger partial charge >= 0.3 is 0 Å². The molecule has 2 rings (SSSR count). The number of unbranched alkanes of at least 4 members (excludes halogenated alkanes) is 2. The topological polar surface area (TPSA) is 66.9 Å². The molecule has 2 aromatic rings. The second kappa shape index (κ2) is 8.96. The minimum absolute atomic E-state index is 0.193. The number of nitrogens with one attached hydrogen (secondary N) is 2. The first kappa shape index (κ1) is 17.8. The molecule has 0 saturated carbocycles. The Hall–Kier alpha value is -2.50. The van der Waals surface area contributed by atoms with Crippen molar-refractivity contribution in [3.8, 4) is 0 Å². The number of anilines is 1. The molecule has 1 amide bonds. The van der Waals surface area contributed by atoms with Gasteiger partial charge in [-0.05, 0) is 31.0 Å². The normalized spacial score (nSPS) is 10.5. The maximum atomic E-state index is 12.9. The molecule has 2 N–H and O–H groups in total. The van der Waals surface area contributed by atoms with E-state index < -0.39 is 0 Å². The molecular formula is C18H23FN4O. The predicted molar refractivity (Wildman–Crippen MR) is 92.4 cm³/mol. The lowest BCUT2D eigenvalue weighted by Gasteiger charge is -2.09. The Morgan fingerprint density at radius 1 is 1.17 bits per heavy atom. The first-order chi connectivity index (χ1) is 11.6. The summed E-state index contributed by atoms with van der Waals surface area (Å²) in [6.45, 7) is 5.01. The minimum Gasteiger partial charge on any atom is -0.366 e. The third-order valence-electron chi connectivity index (χ3n) is 3.52. The molecule has 5 nitrogen and oxygen atoms in total. The van der Waals surface area contributed by atoms with E-state index in [2.05, 4.69) is 27.5 Å². The first-order valence-electron chi connectivity index (χ1n) is 8.20. The van der Waals surface area contributed by atoms with E-state index in [9.17, 15) is 9.18 Å². The van der Waals surface area contributed by atoms with Crippen LogP contribution in [0.3, 0.4) is 0 Å². The van der Waals surface area contributed by atoms with E-state index in [1.807, 2.05) is 0 Å². The van der Waals surface area contributed by atoms with Gasteiger partial charge in [0.2, 0.25) is 0 Å². The quantitative estimate of drug-likeness (QED) is 0.728.